The van der Waals surface area contributed by atoms with Crippen LogP contribution in [0.3, 0.4) is 0 Å². The predicted molar refractivity (Wildman–Crippen MR) is 145 cm³/mol. The standard InChI is InChI=1S/C31H38N2O5/c34-22-28-19-24-12-8-9-15-27(24)21-33(28)29(35)20-25-13-6-1-2-7-14-26(18-23-10-4-3-5-11-23)31(37)38-17-16-32-30(25)36/h1,3-6,8-12,15,25-26,28,34H,2,7,13-14,16-22H2,(H,32,36). The molecule has 7 heteroatoms. The van der Waals surface area contributed by atoms with Crippen molar-refractivity contribution in [3.63, 3.8) is 0 Å². The number of esters is 1. The molecule has 0 saturated carbocycles. The Balaban J connectivity index is 1.38. The molecule has 202 valence electrons. The highest BCUT2D eigenvalue weighted by Crippen LogP contribution is 2.25. The van der Waals surface area contributed by atoms with Crippen LogP contribution in [0.1, 0.15) is 48.8 Å². The Hall–Kier alpha value is -3.45. The van der Waals surface area contributed by atoms with Crippen molar-refractivity contribution in [1.29, 1.82) is 0 Å². The second-order valence-electron chi connectivity index (χ2n) is 10.2. The normalized spacial score (nSPS) is 23.1. The van der Waals surface area contributed by atoms with E-state index in [0.29, 0.717) is 25.8 Å². The summed E-state index contributed by atoms with van der Waals surface area (Å²) in [5.74, 6) is -1.35. The topological polar surface area (TPSA) is 95.9 Å². The number of amides is 2. The van der Waals surface area contributed by atoms with Crippen LogP contribution >= 0.6 is 0 Å². The minimum atomic E-state index is -0.528. The molecule has 38 heavy (non-hydrogen) atoms. The molecule has 0 radical (unpaired) electrons. The van der Waals surface area contributed by atoms with Gasteiger partial charge in [-0.2, -0.15) is 0 Å². The van der Waals surface area contributed by atoms with Gasteiger partial charge in [0.1, 0.15) is 6.61 Å². The molecule has 3 atom stereocenters. The molecule has 2 aromatic rings. The van der Waals surface area contributed by atoms with Crippen molar-refractivity contribution in [2.24, 2.45) is 11.8 Å². The first-order valence-corrected chi connectivity index (χ1v) is 13.7. The lowest BCUT2D eigenvalue weighted by Crippen LogP contribution is -2.47. The lowest BCUT2D eigenvalue weighted by Gasteiger charge is -2.36. The summed E-state index contributed by atoms with van der Waals surface area (Å²) in [7, 11) is 0. The highest BCUT2D eigenvalue weighted by atomic mass is 16.5. The summed E-state index contributed by atoms with van der Waals surface area (Å²) in [5, 5.41) is 12.8. The summed E-state index contributed by atoms with van der Waals surface area (Å²) >= 11 is 0. The fourth-order valence-corrected chi connectivity index (χ4v) is 5.30. The summed E-state index contributed by atoms with van der Waals surface area (Å²) in [4.78, 5) is 40.9. The Kier molecular flexibility index (Phi) is 10.1. The van der Waals surface area contributed by atoms with E-state index in [0.717, 1.165) is 36.0 Å². The minimum Gasteiger partial charge on any atom is -0.464 e. The number of nitrogens with one attached hydrogen (secondary N) is 1. The molecule has 2 heterocycles. The van der Waals surface area contributed by atoms with Gasteiger partial charge in [-0.3, -0.25) is 14.4 Å². The molecule has 2 N–H and O–H groups in total. The second kappa shape index (κ2) is 13.9. The largest absolute Gasteiger partial charge is 0.464 e. The monoisotopic (exact) mass is 518 g/mol. The SMILES string of the molecule is O=C1NCCOC(=O)C(Cc2ccccc2)CCCC=CCC1CC(=O)N1Cc2ccccc2CC1CO. The van der Waals surface area contributed by atoms with E-state index in [-0.39, 0.29) is 55.9 Å². The van der Waals surface area contributed by atoms with E-state index in [9.17, 15) is 19.5 Å². The van der Waals surface area contributed by atoms with Crippen LogP contribution in [0.2, 0.25) is 0 Å². The number of nitrogens with zero attached hydrogens (tertiary/aromatic N) is 1. The molecule has 0 fully saturated rings. The highest BCUT2D eigenvalue weighted by Gasteiger charge is 2.32. The van der Waals surface area contributed by atoms with Gasteiger partial charge in [0.25, 0.3) is 0 Å². The van der Waals surface area contributed by atoms with E-state index in [1.807, 2.05) is 66.7 Å². The first-order valence-electron chi connectivity index (χ1n) is 13.7. The molecule has 2 aromatic carbocycles. The van der Waals surface area contributed by atoms with E-state index >= 15 is 0 Å². The van der Waals surface area contributed by atoms with Gasteiger partial charge in [-0.1, -0.05) is 66.7 Å². The summed E-state index contributed by atoms with van der Waals surface area (Å²) < 4.78 is 5.52. The van der Waals surface area contributed by atoms with E-state index in [1.165, 1.54) is 0 Å². The van der Waals surface area contributed by atoms with Gasteiger partial charge in [-0.05, 0) is 55.2 Å². The summed E-state index contributed by atoms with van der Waals surface area (Å²) in [6.07, 6.45) is 8.12. The number of benzene rings is 2. The van der Waals surface area contributed by atoms with E-state index < -0.39 is 5.92 Å². The smallest absolute Gasteiger partial charge is 0.309 e. The Labute approximate surface area is 224 Å². The minimum absolute atomic E-state index is 0.0633. The Morgan fingerprint density at radius 1 is 1.00 bits per heavy atom. The van der Waals surface area contributed by atoms with Gasteiger partial charge in [0.15, 0.2) is 0 Å². The van der Waals surface area contributed by atoms with Gasteiger partial charge >= 0.3 is 5.97 Å². The number of ether oxygens (including phenoxy) is 1. The molecule has 4 rings (SSSR count). The number of hydrogen-bond acceptors (Lipinski definition) is 5. The zero-order valence-corrected chi connectivity index (χ0v) is 21.9. The fourth-order valence-electron chi connectivity index (χ4n) is 5.30. The van der Waals surface area contributed by atoms with E-state index in [4.69, 9.17) is 4.74 Å². The summed E-state index contributed by atoms with van der Waals surface area (Å²) in [5.41, 5.74) is 3.33. The van der Waals surface area contributed by atoms with Gasteiger partial charge in [-0.25, -0.2) is 0 Å². The first kappa shape index (κ1) is 27.6. The number of cyclic esters (lactones) is 1. The van der Waals surface area contributed by atoms with Gasteiger partial charge in [0.2, 0.25) is 11.8 Å². The Morgan fingerprint density at radius 2 is 1.76 bits per heavy atom. The molecule has 0 spiro atoms. The fraction of sp³-hybridized carbons (Fsp3) is 0.452. The Morgan fingerprint density at radius 3 is 2.55 bits per heavy atom. The maximum absolute atomic E-state index is 13.3. The molecular weight excluding hydrogens is 480 g/mol. The lowest BCUT2D eigenvalue weighted by atomic mass is 9.92. The number of aliphatic hydroxyl groups excluding tert-OH is 1. The van der Waals surface area contributed by atoms with Gasteiger partial charge in [-0.15, -0.1) is 0 Å². The third-order valence-electron chi connectivity index (χ3n) is 7.49. The number of carbonyl (C=O) groups is 3. The molecule has 2 aliphatic heterocycles. The molecule has 0 aliphatic carbocycles. The maximum Gasteiger partial charge on any atom is 0.309 e. The van der Waals surface area contributed by atoms with Crippen LogP contribution < -0.4 is 5.32 Å². The molecule has 0 saturated heterocycles. The molecule has 2 aliphatic rings. The van der Waals surface area contributed by atoms with Gasteiger partial charge in [0, 0.05) is 13.0 Å². The van der Waals surface area contributed by atoms with Crippen molar-refractivity contribution in [3.8, 4) is 0 Å². The average molecular weight is 519 g/mol. The van der Waals surface area contributed by atoms with Crippen molar-refractivity contribution in [2.75, 3.05) is 19.8 Å². The van der Waals surface area contributed by atoms with Crippen LogP contribution in [0.4, 0.5) is 0 Å². The van der Waals surface area contributed by atoms with Crippen LogP contribution in [0.15, 0.2) is 66.7 Å². The van der Waals surface area contributed by atoms with Crippen LogP contribution in [-0.4, -0.2) is 53.6 Å². The molecule has 0 bridgehead atoms. The number of allylic oxidation sites excluding steroid dienone is 2. The van der Waals surface area contributed by atoms with Crippen molar-refractivity contribution in [3.05, 3.63) is 83.4 Å². The number of fused-ring (bicyclic) bond motifs is 1. The zero-order chi connectivity index (χ0) is 26.7. The molecule has 0 aromatic heterocycles. The molecule has 2 amide bonds. The number of carbonyl (C=O) groups excluding carboxylic acids is 3. The lowest BCUT2D eigenvalue weighted by molar-refractivity contribution is -0.149. The number of hydrogen-bond donors (Lipinski definition) is 2. The summed E-state index contributed by atoms with van der Waals surface area (Å²) in [6, 6.07) is 17.6. The van der Waals surface area contributed by atoms with E-state index in [1.54, 1.807) is 4.90 Å². The molecule has 3 unspecified atom stereocenters. The third-order valence-corrected chi connectivity index (χ3v) is 7.49. The number of aliphatic hydroxyl groups is 1. The highest BCUT2D eigenvalue weighted by molar-refractivity contribution is 5.86. The summed E-state index contributed by atoms with van der Waals surface area (Å²) in [6.45, 7) is 0.618. The second-order valence-corrected chi connectivity index (χ2v) is 10.2. The number of rotatable bonds is 5. The molecular formula is C31H38N2O5. The third kappa shape index (κ3) is 7.54. The van der Waals surface area contributed by atoms with Crippen molar-refractivity contribution < 1.29 is 24.2 Å². The van der Waals surface area contributed by atoms with Crippen LogP contribution in [0.25, 0.3) is 0 Å². The van der Waals surface area contributed by atoms with Crippen molar-refractivity contribution in [1.82, 2.24) is 10.2 Å². The Bertz CT molecular complexity index is 1120. The zero-order valence-electron chi connectivity index (χ0n) is 21.9. The predicted octanol–water partition coefficient (Wildman–Crippen LogP) is 3.59. The van der Waals surface area contributed by atoms with Crippen molar-refractivity contribution in [2.45, 2.75) is 57.5 Å². The van der Waals surface area contributed by atoms with Crippen LogP contribution in [0, 0.1) is 11.8 Å². The average Bonchev–Trinajstić information content (AvgIpc) is 2.94. The van der Waals surface area contributed by atoms with Crippen LogP contribution in [0.5, 0.6) is 0 Å². The maximum atomic E-state index is 13.3. The first-order chi connectivity index (χ1) is 18.5. The molecule has 7 nitrogen and oxygen atoms in total. The van der Waals surface area contributed by atoms with Crippen molar-refractivity contribution >= 4 is 17.8 Å². The van der Waals surface area contributed by atoms with E-state index in [2.05, 4.69) is 5.32 Å². The van der Waals surface area contributed by atoms with Gasteiger partial charge in [0.05, 0.1) is 31.0 Å². The quantitative estimate of drug-likeness (QED) is 0.466. The van der Waals surface area contributed by atoms with Gasteiger partial charge < -0.3 is 20.1 Å². The van der Waals surface area contributed by atoms with Crippen LogP contribution in [-0.2, 0) is 38.5 Å².